The molecule has 7 heteroatoms. The average Bonchev–Trinajstić information content (AvgIpc) is 3.29. The van der Waals surface area contributed by atoms with Gasteiger partial charge in [0.2, 0.25) is 5.91 Å². The highest BCUT2D eigenvalue weighted by atomic mass is 16.4. The van der Waals surface area contributed by atoms with Crippen molar-refractivity contribution < 1.29 is 14.7 Å². The summed E-state index contributed by atoms with van der Waals surface area (Å²) >= 11 is 0. The minimum atomic E-state index is -1.15. The molecule has 1 saturated carbocycles. The van der Waals surface area contributed by atoms with Crippen LogP contribution < -0.4 is 4.90 Å². The second kappa shape index (κ2) is 5.43. The SMILES string of the molecule is O=C(O)c1cn(CC(=O)N2CC3(CCCC3)c3ccccc32)nn1. The van der Waals surface area contributed by atoms with Crippen LogP contribution in [-0.2, 0) is 16.8 Å². The Morgan fingerprint density at radius 2 is 1.96 bits per heavy atom. The lowest BCUT2D eigenvalue weighted by atomic mass is 9.81. The maximum absolute atomic E-state index is 12.8. The Bertz CT molecular complexity index is 808. The fourth-order valence-electron chi connectivity index (χ4n) is 4.03. The van der Waals surface area contributed by atoms with Crippen LogP contribution in [-0.4, -0.2) is 38.5 Å². The van der Waals surface area contributed by atoms with Gasteiger partial charge in [0, 0.05) is 17.6 Å². The van der Waals surface area contributed by atoms with Crippen molar-refractivity contribution in [1.82, 2.24) is 15.0 Å². The van der Waals surface area contributed by atoms with E-state index in [9.17, 15) is 9.59 Å². The summed E-state index contributed by atoms with van der Waals surface area (Å²) in [4.78, 5) is 25.5. The number of rotatable bonds is 3. The molecule has 1 N–H and O–H groups in total. The second-order valence-corrected chi connectivity index (χ2v) is 6.59. The quantitative estimate of drug-likeness (QED) is 0.929. The first kappa shape index (κ1) is 14.9. The van der Waals surface area contributed by atoms with E-state index in [1.807, 2.05) is 23.1 Å². The lowest BCUT2D eigenvalue weighted by molar-refractivity contribution is -0.119. The Hall–Kier alpha value is -2.70. The number of carboxylic acids is 1. The van der Waals surface area contributed by atoms with Gasteiger partial charge in [-0.15, -0.1) is 5.10 Å². The van der Waals surface area contributed by atoms with Gasteiger partial charge < -0.3 is 10.0 Å². The maximum atomic E-state index is 12.8. The third kappa shape index (κ3) is 2.28. The van der Waals surface area contributed by atoms with E-state index in [2.05, 4.69) is 16.4 Å². The minimum absolute atomic E-state index is 0.00923. The summed E-state index contributed by atoms with van der Waals surface area (Å²) in [5, 5.41) is 16.2. The third-order valence-electron chi connectivity index (χ3n) is 5.14. The number of hydrogen-bond acceptors (Lipinski definition) is 4. The van der Waals surface area contributed by atoms with Crippen LogP contribution in [0.15, 0.2) is 30.5 Å². The molecule has 2 aliphatic rings. The number of aromatic carboxylic acids is 1. The smallest absolute Gasteiger partial charge is 0.358 e. The topological polar surface area (TPSA) is 88.3 Å². The van der Waals surface area contributed by atoms with Gasteiger partial charge in [-0.1, -0.05) is 36.3 Å². The van der Waals surface area contributed by atoms with Crippen LogP contribution in [0.2, 0.25) is 0 Å². The van der Waals surface area contributed by atoms with Crippen LogP contribution in [0, 0.1) is 0 Å². The minimum Gasteiger partial charge on any atom is -0.476 e. The van der Waals surface area contributed by atoms with Gasteiger partial charge in [-0.25, -0.2) is 9.48 Å². The van der Waals surface area contributed by atoms with Crippen molar-refractivity contribution in [3.05, 3.63) is 41.7 Å². The summed E-state index contributed by atoms with van der Waals surface area (Å²) in [6, 6.07) is 8.10. The number of hydrogen-bond donors (Lipinski definition) is 1. The molecule has 0 radical (unpaired) electrons. The molecule has 1 aromatic carbocycles. The fourth-order valence-corrected chi connectivity index (χ4v) is 4.03. The Labute approximate surface area is 138 Å². The molecule has 24 heavy (non-hydrogen) atoms. The summed E-state index contributed by atoms with van der Waals surface area (Å²) in [6.45, 7) is 0.691. The zero-order valence-corrected chi connectivity index (χ0v) is 13.2. The summed E-state index contributed by atoms with van der Waals surface area (Å²) in [7, 11) is 0. The molecule has 0 unspecified atom stereocenters. The highest BCUT2D eigenvalue weighted by Crippen LogP contribution is 2.50. The Morgan fingerprint density at radius 3 is 2.67 bits per heavy atom. The summed E-state index contributed by atoms with van der Waals surface area (Å²) in [6.07, 6.45) is 5.90. The molecule has 1 spiro atoms. The maximum Gasteiger partial charge on any atom is 0.358 e. The first-order chi connectivity index (χ1) is 11.6. The molecule has 2 aromatic rings. The molecule has 1 fully saturated rings. The van der Waals surface area contributed by atoms with Crippen molar-refractivity contribution in [3.63, 3.8) is 0 Å². The molecular weight excluding hydrogens is 308 g/mol. The molecule has 1 aromatic heterocycles. The largest absolute Gasteiger partial charge is 0.476 e. The van der Waals surface area contributed by atoms with Crippen molar-refractivity contribution in [2.24, 2.45) is 0 Å². The number of fused-ring (bicyclic) bond motifs is 2. The van der Waals surface area contributed by atoms with E-state index in [-0.39, 0.29) is 23.6 Å². The first-order valence-electron chi connectivity index (χ1n) is 8.12. The molecule has 0 atom stereocenters. The van der Waals surface area contributed by atoms with Crippen molar-refractivity contribution in [3.8, 4) is 0 Å². The van der Waals surface area contributed by atoms with Crippen LogP contribution >= 0.6 is 0 Å². The number of amides is 1. The molecule has 4 rings (SSSR count). The average molecular weight is 326 g/mol. The lowest BCUT2D eigenvalue weighted by Crippen LogP contribution is -2.37. The number of para-hydroxylation sites is 1. The molecule has 1 aliphatic carbocycles. The van der Waals surface area contributed by atoms with E-state index >= 15 is 0 Å². The standard InChI is InChI=1S/C17H18N4O3/c22-15(10-20-9-13(16(23)24)18-19-20)21-11-17(7-3-4-8-17)12-5-1-2-6-14(12)21/h1-2,5-6,9H,3-4,7-8,10-11H2,(H,23,24). The molecule has 124 valence electrons. The number of carbonyl (C=O) groups is 2. The molecule has 0 bridgehead atoms. The summed E-state index contributed by atoms with van der Waals surface area (Å²) in [5.74, 6) is -1.24. The van der Waals surface area contributed by atoms with Crippen molar-refractivity contribution in [2.75, 3.05) is 11.4 Å². The molecule has 0 saturated heterocycles. The number of carboxylic acid groups (broad SMARTS) is 1. The van der Waals surface area contributed by atoms with Crippen LogP contribution in [0.5, 0.6) is 0 Å². The van der Waals surface area contributed by atoms with Crippen LogP contribution in [0.3, 0.4) is 0 Å². The van der Waals surface area contributed by atoms with Crippen molar-refractivity contribution in [1.29, 1.82) is 0 Å². The van der Waals surface area contributed by atoms with E-state index in [1.165, 1.54) is 29.3 Å². The number of benzene rings is 1. The van der Waals surface area contributed by atoms with Gasteiger partial charge in [-0.05, 0) is 24.5 Å². The Balaban J connectivity index is 1.60. The first-order valence-corrected chi connectivity index (χ1v) is 8.12. The highest BCUT2D eigenvalue weighted by Gasteiger charge is 2.45. The monoisotopic (exact) mass is 326 g/mol. The fraction of sp³-hybridized carbons (Fsp3) is 0.412. The molecule has 7 nitrogen and oxygen atoms in total. The molecule has 2 heterocycles. The van der Waals surface area contributed by atoms with Crippen LogP contribution in [0.4, 0.5) is 5.69 Å². The number of carbonyl (C=O) groups excluding carboxylic acids is 1. The van der Waals surface area contributed by atoms with E-state index in [4.69, 9.17) is 5.11 Å². The third-order valence-corrected chi connectivity index (χ3v) is 5.14. The van der Waals surface area contributed by atoms with Gasteiger partial charge in [0.1, 0.15) is 6.54 Å². The van der Waals surface area contributed by atoms with Crippen molar-refractivity contribution >= 4 is 17.6 Å². The van der Waals surface area contributed by atoms with Gasteiger partial charge in [0.05, 0.1) is 6.20 Å². The highest BCUT2D eigenvalue weighted by molar-refractivity contribution is 5.96. The Kier molecular flexibility index (Phi) is 3.37. The van der Waals surface area contributed by atoms with Gasteiger partial charge in [-0.2, -0.15) is 0 Å². The zero-order chi connectivity index (χ0) is 16.7. The summed E-state index contributed by atoms with van der Waals surface area (Å²) < 4.78 is 1.29. The van der Waals surface area contributed by atoms with Crippen LogP contribution in [0.1, 0.15) is 41.7 Å². The number of nitrogens with zero attached hydrogens (tertiary/aromatic N) is 4. The van der Waals surface area contributed by atoms with Gasteiger partial charge in [-0.3, -0.25) is 4.79 Å². The second-order valence-electron chi connectivity index (χ2n) is 6.59. The van der Waals surface area contributed by atoms with E-state index in [1.54, 1.807) is 0 Å². The van der Waals surface area contributed by atoms with E-state index < -0.39 is 5.97 Å². The van der Waals surface area contributed by atoms with Gasteiger partial charge >= 0.3 is 5.97 Å². The molecule has 1 amide bonds. The van der Waals surface area contributed by atoms with Crippen molar-refractivity contribution in [2.45, 2.75) is 37.6 Å². The normalized spacial score (nSPS) is 18.1. The lowest BCUT2D eigenvalue weighted by Gasteiger charge is -2.24. The number of aromatic nitrogens is 3. The molecule has 1 aliphatic heterocycles. The predicted octanol–water partition coefficient (Wildman–Crippen LogP) is 1.83. The van der Waals surface area contributed by atoms with Gasteiger partial charge in [0.15, 0.2) is 5.69 Å². The number of anilines is 1. The van der Waals surface area contributed by atoms with E-state index in [0.717, 1.165) is 18.5 Å². The zero-order valence-electron chi connectivity index (χ0n) is 13.2. The summed E-state index contributed by atoms with van der Waals surface area (Å²) in [5.41, 5.74) is 2.17. The van der Waals surface area contributed by atoms with E-state index in [0.29, 0.717) is 6.54 Å². The Morgan fingerprint density at radius 1 is 1.21 bits per heavy atom. The van der Waals surface area contributed by atoms with Crippen LogP contribution in [0.25, 0.3) is 0 Å². The molecular formula is C17H18N4O3. The predicted molar refractivity (Wildman–Crippen MR) is 85.9 cm³/mol. The van der Waals surface area contributed by atoms with Gasteiger partial charge in [0.25, 0.3) is 0 Å².